The number of methoxy groups -OCH3 is 1. The molecule has 10 nitrogen and oxygen atoms in total. The second-order valence-corrected chi connectivity index (χ2v) is 7.59. The Morgan fingerprint density at radius 3 is 2.62 bits per heavy atom. The number of carbonyl (C=O) groups excluding carboxylic acids is 1. The van der Waals surface area contributed by atoms with Crippen molar-refractivity contribution in [2.75, 3.05) is 7.11 Å². The van der Waals surface area contributed by atoms with Crippen LogP contribution >= 0.6 is 0 Å². The van der Waals surface area contributed by atoms with Gasteiger partial charge in [-0.3, -0.25) is 9.78 Å². The highest BCUT2D eigenvalue weighted by Crippen LogP contribution is 2.29. The molecule has 34 heavy (non-hydrogen) atoms. The Bertz CT molecular complexity index is 1320. The van der Waals surface area contributed by atoms with Gasteiger partial charge in [0.25, 0.3) is 5.56 Å². The molecule has 174 valence electrons. The van der Waals surface area contributed by atoms with Crippen molar-refractivity contribution in [3.05, 3.63) is 76.5 Å². The predicted octanol–water partition coefficient (Wildman–Crippen LogP) is 3.63. The van der Waals surface area contributed by atoms with E-state index in [1.807, 2.05) is 36.4 Å². The largest absolute Gasteiger partial charge is 0.513 e. The number of nitrogens with zero attached hydrogens (tertiary/aromatic N) is 5. The minimum absolute atomic E-state index is 0.167. The Kier molecular flexibility index (Phi) is 7.07. The maximum atomic E-state index is 12.8. The number of aromatic nitrogens is 6. The van der Waals surface area contributed by atoms with Crippen molar-refractivity contribution in [3.63, 3.8) is 0 Å². The lowest BCUT2D eigenvalue weighted by Gasteiger charge is -2.14. The summed E-state index contributed by atoms with van der Waals surface area (Å²) in [6.07, 6.45) is 3.42. The second-order valence-electron chi connectivity index (χ2n) is 7.59. The summed E-state index contributed by atoms with van der Waals surface area (Å²) in [5.41, 5.74) is 3.87. The highest BCUT2D eigenvalue weighted by Gasteiger charge is 2.14. The molecular weight excluding hydrogens is 436 g/mol. The molecule has 0 saturated carbocycles. The number of ether oxygens (including phenoxy) is 2. The minimum atomic E-state index is -0.864. The van der Waals surface area contributed by atoms with Crippen molar-refractivity contribution in [2.24, 2.45) is 0 Å². The fourth-order valence-electron chi connectivity index (χ4n) is 3.61. The van der Waals surface area contributed by atoms with Crippen LogP contribution in [-0.4, -0.2) is 43.4 Å². The topological polar surface area (TPSA) is 125 Å². The number of carbonyl (C=O) groups is 1. The molecule has 0 radical (unpaired) electrons. The molecule has 0 aliphatic heterocycles. The fourth-order valence-corrected chi connectivity index (χ4v) is 3.61. The van der Waals surface area contributed by atoms with Crippen LogP contribution < -0.4 is 10.3 Å². The number of aromatic amines is 1. The molecule has 0 unspecified atom stereocenters. The van der Waals surface area contributed by atoms with Crippen LogP contribution in [0.5, 0.6) is 5.75 Å². The van der Waals surface area contributed by atoms with Gasteiger partial charge in [0.15, 0.2) is 0 Å². The summed E-state index contributed by atoms with van der Waals surface area (Å²) in [5, 5.41) is 14.3. The third-order valence-corrected chi connectivity index (χ3v) is 5.31. The monoisotopic (exact) mass is 460 g/mol. The number of benzene rings is 1. The lowest BCUT2D eigenvalue weighted by Crippen LogP contribution is -2.25. The van der Waals surface area contributed by atoms with Crippen LogP contribution in [0.2, 0.25) is 0 Å². The summed E-state index contributed by atoms with van der Waals surface area (Å²) in [4.78, 5) is 28.9. The highest BCUT2D eigenvalue weighted by atomic mass is 16.7. The fraction of sp³-hybridized carbons (Fsp3) is 0.250. The number of unbranched alkanes of at least 4 members (excludes halogenated alkanes) is 1. The second kappa shape index (κ2) is 10.5. The van der Waals surface area contributed by atoms with E-state index in [9.17, 15) is 9.59 Å². The highest BCUT2D eigenvalue weighted by molar-refractivity contribution is 5.79. The third kappa shape index (κ3) is 5.17. The quantitative estimate of drug-likeness (QED) is 0.395. The van der Waals surface area contributed by atoms with Crippen LogP contribution in [0.1, 0.15) is 31.2 Å². The number of hydrogen-bond donors (Lipinski definition) is 1. The molecule has 0 aliphatic rings. The van der Waals surface area contributed by atoms with Crippen molar-refractivity contribution in [1.29, 1.82) is 0 Å². The van der Waals surface area contributed by atoms with Gasteiger partial charge in [-0.1, -0.05) is 43.7 Å². The van der Waals surface area contributed by atoms with Crippen molar-refractivity contribution >= 4 is 6.16 Å². The van der Waals surface area contributed by atoms with Crippen LogP contribution in [0.25, 0.3) is 22.5 Å². The van der Waals surface area contributed by atoms with Gasteiger partial charge in [-0.25, -0.2) is 4.79 Å². The molecule has 4 rings (SSSR count). The van der Waals surface area contributed by atoms with Gasteiger partial charge in [0.05, 0.1) is 19.3 Å². The first kappa shape index (κ1) is 22.8. The van der Waals surface area contributed by atoms with Gasteiger partial charge in [0.2, 0.25) is 5.82 Å². The van der Waals surface area contributed by atoms with E-state index in [0.717, 1.165) is 40.9 Å². The van der Waals surface area contributed by atoms with Crippen molar-refractivity contribution in [3.8, 4) is 28.3 Å². The summed E-state index contributed by atoms with van der Waals surface area (Å²) >= 11 is 0. The van der Waals surface area contributed by atoms with E-state index in [1.54, 1.807) is 16.8 Å². The van der Waals surface area contributed by atoms with E-state index in [2.05, 4.69) is 37.3 Å². The van der Waals surface area contributed by atoms with Crippen molar-refractivity contribution in [1.82, 2.24) is 30.2 Å². The number of tetrazole rings is 1. The lowest BCUT2D eigenvalue weighted by molar-refractivity contribution is 0.121. The van der Waals surface area contributed by atoms with E-state index in [0.29, 0.717) is 18.8 Å². The third-order valence-electron chi connectivity index (χ3n) is 5.31. The number of hydrogen-bond acceptors (Lipinski definition) is 8. The molecule has 3 aromatic heterocycles. The van der Waals surface area contributed by atoms with Gasteiger partial charge in [0, 0.05) is 35.2 Å². The molecule has 10 heteroatoms. The predicted molar refractivity (Wildman–Crippen MR) is 124 cm³/mol. The molecule has 1 N–H and O–H groups in total. The molecule has 0 fully saturated rings. The molecule has 0 saturated heterocycles. The molecule has 0 spiro atoms. The Morgan fingerprint density at radius 1 is 1.12 bits per heavy atom. The molecule has 0 atom stereocenters. The number of pyridine rings is 2. The Morgan fingerprint density at radius 2 is 1.94 bits per heavy atom. The summed E-state index contributed by atoms with van der Waals surface area (Å²) < 4.78 is 11.2. The van der Waals surface area contributed by atoms with Crippen LogP contribution in [0.3, 0.4) is 0 Å². The maximum absolute atomic E-state index is 12.8. The molecule has 3 heterocycles. The van der Waals surface area contributed by atoms with Crippen LogP contribution in [0.15, 0.2) is 59.5 Å². The minimum Gasteiger partial charge on any atom is -0.437 e. The van der Waals surface area contributed by atoms with Gasteiger partial charge in [-0.2, -0.15) is 5.21 Å². The van der Waals surface area contributed by atoms with E-state index >= 15 is 0 Å². The molecule has 0 bridgehead atoms. The van der Waals surface area contributed by atoms with Crippen molar-refractivity contribution in [2.45, 2.75) is 32.7 Å². The molecule has 0 amide bonds. The molecule has 4 aromatic rings. The summed E-state index contributed by atoms with van der Waals surface area (Å²) in [7, 11) is 1.22. The zero-order chi connectivity index (χ0) is 23.9. The Hall–Kier alpha value is -4.34. The molecule has 1 aromatic carbocycles. The maximum Gasteiger partial charge on any atom is 0.513 e. The number of rotatable bonds is 8. The first-order valence-electron chi connectivity index (χ1n) is 10.9. The number of aryl methyl sites for hydroxylation is 1. The zero-order valence-corrected chi connectivity index (χ0v) is 18.9. The average molecular weight is 460 g/mol. The van der Waals surface area contributed by atoms with Crippen LogP contribution in [0.4, 0.5) is 4.79 Å². The van der Waals surface area contributed by atoms with E-state index in [1.165, 1.54) is 13.2 Å². The zero-order valence-electron chi connectivity index (χ0n) is 18.9. The summed E-state index contributed by atoms with van der Waals surface area (Å²) in [5.74, 6) is 0.668. The van der Waals surface area contributed by atoms with E-state index in [-0.39, 0.29) is 11.3 Å². The Labute approximate surface area is 195 Å². The number of nitrogens with one attached hydrogen (secondary N) is 1. The first-order chi connectivity index (χ1) is 16.6. The summed E-state index contributed by atoms with van der Waals surface area (Å²) in [6.45, 7) is 2.37. The van der Waals surface area contributed by atoms with Gasteiger partial charge in [-0.05, 0) is 29.7 Å². The summed E-state index contributed by atoms with van der Waals surface area (Å²) in [6, 6.07) is 14.6. The smallest absolute Gasteiger partial charge is 0.437 e. The molecule has 0 aliphatic carbocycles. The first-order valence-corrected chi connectivity index (χ1v) is 10.9. The number of H-pyrrole nitrogens is 1. The van der Waals surface area contributed by atoms with E-state index in [4.69, 9.17) is 4.74 Å². The average Bonchev–Trinajstić information content (AvgIpc) is 3.40. The van der Waals surface area contributed by atoms with Gasteiger partial charge >= 0.3 is 6.16 Å². The SMILES string of the molecule is CCCCc1cc(OC(=O)OC)cc(=O)n1Cc1ccc(-c2ccccc2-c2nn[nH]n2)cn1. The standard InChI is InChI=1S/C24H24N6O4/c1-3-4-7-18-12-19(34-24(32)33-2)13-22(31)30(18)15-17-11-10-16(14-25-17)20-8-5-6-9-21(20)23-26-28-29-27-23/h5-6,8-14H,3-4,7,15H2,1-2H3,(H,26,27,28,29). The van der Waals surface area contributed by atoms with Gasteiger partial charge in [0.1, 0.15) is 5.75 Å². The Balaban J connectivity index is 1.62. The van der Waals surface area contributed by atoms with Crippen molar-refractivity contribution < 1.29 is 14.3 Å². The normalized spacial score (nSPS) is 10.8. The van der Waals surface area contributed by atoms with Gasteiger partial charge in [-0.15, -0.1) is 10.2 Å². The van der Waals surface area contributed by atoms with Crippen LogP contribution in [0, 0.1) is 0 Å². The van der Waals surface area contributed by atoms with Crippen LogP contribution in [-0.2, 0) is 17.7 Å². The van der Waals surface area contributed by atoms with E-state index < -0.39 is 6.16 Å². The molecular formula is C24H24N6O4. The van der Waals surface area contributed by atoms with Gasteiger partial charge < -0.3 is 14.0 Å². The lowest BCUT2D eigenvalue weighted by atomic mass is 10.0.